The van der Waals surface area contributed by atoms with Gasteiger partial charge in [0, 0.05) is 31.7 Å². The van der Waals surface area contributed by atoms with Crippen LogP contribution in [0.5, 0.6) is 0 Å². The van der Waals surface area contributed by atoms with Crippen molar-refractivity contribution in [1.29, 1.82) is 0 Å². The highest BCUT2D eigenvalue weighted by molar-refractivity contribution is 4.89. The molecule has 1 heterocycles. The minimum absolute atomic E-state index is 0.449. The third-order valence-electron chi connectivity index (χ3n) is 4.95. The molecule has 0 bridgehead atoms. The first-order chi connectivity index (χ1) is 8.43. The molecule has 1 aliphatic rings. The van der Waals surface area contributed by atoms with Gasteiger partial charge in [-0.05, 0) is 24.2 Å². The van der Waals surface area contributed by atoms with Crippen molar-refractivity contribution in [3.05, 3.63) is 0 Å². The first kappa shape index (κ1) is 16.0. The van der Waals surface area contributed by atoms with Crippen molar-refractivity contribution in [3.8, 4) is 0 Å². The maximum absolute atomic E-state index is 3.76. The molecule has 3 atom stereocenters. The van der Waals surface area contributed by atoms with E-state index < -0.39 is 0 Å². The minimum Gasteiger partial charge on any atom is -0.311 e. The van der Waals surface area contributed by atoms with E-state index in [2.05, 4.69) is 51.8 Å². The van der Waals surface area contributed by atoms with Gasteiger partial charge >= 0.3 is 0 Å². The summed E-state index contributed by atoms with van der Waals surface area (Å²) in [6, 6.07) is 1.42. The normalized spacial score (nSPS) is 28.3. The molecule has 0 aromatic rings. The van der Waals surface area contributed by atoms with Crippen LogP contribution >= 0.6 is 0 Å². The molecule has 2 heteroatoms. The lowest BCUT2D eigenvalue weighted by molar-refractivity contribution is 0.0668. The van der Waals surface area contributed by atoms with Gasteiger partial charge in [0.1, 0.15) is 0 Å². The van der Waals surface area contributed by atoms with Gasteiger partial charge in [-0.15, -0.1) is 0 Å². The largest absolute Gasteiger partial charge is 0.311 e. The average molecular weight is 254 g/mol. The van der Waals surface area contributed by atoms with Crippen molar-refractivity contribution in [2.24, 2.45) is 11.3 Å². The van der Waals surface area contributed by atoms with E-state index in [1.54, 1.807) is 0 Å². The Balaban J connectivity index is 2.64. The van der Waals surface area contributed by atoms with E-state index in [0.29, 0.717) is 11.5 Å². The topological polar surface area (TPSA) is 15.3 Å². The van der Waals surface area contributed by atoms with Crippen LogP contribution in [-0.4, -0.2) is 36.6 Å². The van der Waals surface area contributed by atoms with Crippen LogP contribution in [0.15, 0.2) is 0 Å². The van der Waals surface area contributed by atoms with E-state index in [0.717, 1.165) is 12.0 Å². The van der Waals surface area contributed by atoms with Gasteiger partial charge in [-0.25, -0.2) is 0 Å². The zero-order valence-electron chi connectivity index (χ0n) is 13.4. The van der Waals surface area contributed by atoms with Gasteiger partial charge in [-0.3, -0.25) is 4.90 Å². The van der Waals surface area contributed by atoms with Gasteiger partial charge in [-0.1, -0.05) is 48.0 Å². The summed E-state index contributed by atoms with van der Waals surface area (Å²) in [7, 11) is 0. The molecule has 1 fully saturated rings. The second kappa shape index (κ2) is 6.91. The fourth-order valence-corrected chi connectivity index (χ4v) is 2.81. The van der Waals surface area contributed by atoms with Crippen molar-refractivity contribution in [2.45, 2.75) is 72.9 Å². The highest BCUT2D eigenvalue weighted by Gasteiger charge is 2.32. The fraction of sp³-hybridized carbons (Fsp3) is 1.00. The molecule has 1 saturated heterocycles. The van der Waals surface area contributed by atoms with Gasteiger partial charge in [0.2, 0.25) is 0 Å². The second-order valence-electron chi connectivity index (χ2n) is 6.91. The molecule has 0 radical (unpaired) electrons. The maximum Gasteiger partial charge on any atom is 0.0221 e. The van der Waals surface area contributed by atoms with Crippen LogP contribution in [0.4, 0.5) is 0 Å². The molecule has 0 aromatic carbocycles. The molecule has 0 aliphatic carbocycles. The van der Waals surface area contributed by atoms with Gasteiger partial charge in [0.25, 0.3) is 0 Å². The molecule has 0 amide bonds. The van der Waals surface area contributed by atoms with E-state index in [-0.39, 0.29) is 0 Å². The lowest BCUT2D eigenvalue weighted by Crippen LogP contribution is -2.59. The summed E-state index contributed by atoms with van der Waals surface area (Å²) in [6.45, 7) is 17.8. The number of nitrogens with zero attached hydrogens (tertiary/aromatic N) is 1. The van der Waals surface area contributed by atoms with Gasteiger partial charge in [-0.2, -0.15) is 0 Å². The van der Waals surface area contributed by atoms with Crippen molar-refractivity contribution < 1.29 is 0 Å². The fourth-order valence-electron chi connectivity index (χ4n) is 2.81. The van der Waals surface area contributed by atoms with E-state index >= 15 is 0 Å². The van der Waals surface area contributed by atoms with Crippen LogP contribution in [0.3, 0.4) is 0 Å². The molecular weight excluding hydrogens is 220 g/mol. The van der Waals surface area contributed by atoms with Gasteiger partial charge in [0.15, 0.2) is 0 Å². The van der Waals surface area contributed by atoms with E-state index in [1.807, 2.05) is 0 Å². The summed E-state index contributed by atoms with van der Waals surface area (Å²) in [5, 5.41) is 3.76. The molecular formula is C16H34N2. The summed E-state index contributed by atoms with van der Waals surface area (Å²) in [4.78, 5) is 2.75. The Hall–Kier alpha value is -0.0800. The predicted octanol–water partition coefficient (Wildman–Crippen LogP) is 3.52. The quantitative estimate of drug-likeness (QED) is 0.780. The molecule has 0 aromatic heterocycles. The number of hydrogen-bond acceptors (Lipinski definition) is 2. The zero-order valence-corrected chi connectivity index (χ0v) is 13.4. The smallest absolute Gasteiger partial charge is 0.0221 e. The van der Waals surface area contributed by atoms with Crippen molar-refractivity contribution in [3.63, 3.8) is 0 Å². The van der Waals surface area contributed by atoms with Crippen LogP contribution in [0.2, 0.25) is 0 Å². The minimum atomic E-state index is 0.449. The molecule has 108 valence electrons. The predicted molar refractivity (Wildman–Crippen MR) is 81.0 cm³/mol. The van der Waals surface area contributed by atoms with Gasteiger partial charge < -0.3 is 5.32 Å². The van der Waals surface area contributed by atoms with Crippen molar-refractivity contribution in [2.75, 3.05) is 19.6 Å². The van der Waals surface area contributed by atoms with Crippen LogP contribution in [-0.2, 0) is 0 Å². The van der Waals surface area contributed by atoms with Crippen molar-refractivity contribution >= 4 is 0 Å². The number of rotatable bonds is 6. The van der Waals surface area contributed by atoms with Crippen LogP contribution in [0, 0.1) is 11.3 Å². The monoisotopic (exact) mass is 254 g/mol. The Bertz CT molecular complexity index is 237. The first-order valence-electron chi connectivity index (χ1n) is 7.90. The second-order valence-corrected chi connectivity index (χ2v) is 6.91. The Kier molecular flexibility index (Phi) is 6.13. The summed E-state index contributed by atoms with van der Waals surface area (Å²) in [6.07, 6.45) is 3.81. The average Bonchev–Trinajstić information content (AvgIpc) is 2.37. The number of nitrogens with one attached hydrogen (secondary N) is 1. The molecule has 3 unspecified atom stereocenters. The van der Waals surface area contributed by atoms with E-state index in [1.165, 1.54) is 38.9 Å². The Morgan fingerprint density at radius 2 is 1.94 bits per heavy atom. The molecule has 0 spiro atoms. The van der Waals surface area contributed by atoms with E-state index in [4.69, 9.17) is 0 Å². The number of hydrogen-bond donors (Lipinski definition) is 1. The van der Waals surface area contributed by atoms with E-state index in [9.17, 15) is 0 Å². The lowest BCUT2D eigenvalue weighted by atomic mass is 9.87. The highest BCUT2D eigenvalue weighted by atomic mass is 15.2. The zero-order chi connectivity index (χ0) is 13.8. The molecule has 1 N–H and O–H groups in total. The first-order valence-corrected chi connectivity index (χ1v) is 7.90. The Labute approximate surface area is 115 Å². The summed E-state index contributed by atoms with van der Waals surface area (Å²) in [5.74, 6) is 0.787. The molecule has 1 rings (SSSR count). The molecule has 0 saturated carbocycles. The summed E-state index contributed by atoms with van der Waals surface area (Å²) >= 11 is 0. The highest BCUT2D eigenvalue weighted by Crippen LogP contribution is 2.25. The third kappa shape index (κ3) is 4.24. The lowest BCUT2D eigenvalue weighted by Gasteiger charge is -2.45. The standard InChI is InChI=1S/C16H34N2/c1-7-13(4)15-11-18(12-16(5,6)9-3)14(8-2)10-17-15/h13-15,17H,7-12H2,1-6H3. The van der Waals surface area contributed by atoms with Crippen LogP contribution in [0.25, 0.3) is 0 Å². The third-order valence-corrected chi connectivity index (χ3v) is 4.95. The van der Waals surface area contributed by atoms with Gasteiger partial charge in [0.05, 0.1) is 0 Å². The molecule has 1 aliphatic heterocycles. The maximum atomic E-state index is 3.76. The number of piperazine rings is 1. The SMILES string of the molecule is CCC(C)C1CN(CC(C)(C)CC)C(CC)CN1. The molecule has 2 nitrogen and oxygen atoms in total. The Morgan fingerprint density at radius 3 is 2.44 bits per heavy atom. The van der Waals surface area contributed by atoms with Crippen LogP contribution < -0.4 is 5.32 Å². The summed E-state index contributed by atoms with van der Waals surface area (Å²) in [5.41, 5.74) is 0.449. The van der Waals surface area contributed by atoms with Crippen molar-refractivity contribution in [1.82, 2.24) is 10.2 Å². The Morgan fingerprint density at radius 1 is 1.28 bits per heavy atom. The molecule has 18 heavy (non-hydrogen) atoms. The van der Waals surface area contributed by atoms with Crippen LogP contribution in [0.1, 0.15) is 60.8 Å². The summed E-state index contributed by atoms with van der Waals surface area (Å²) < 4.78 is 0.